The topological polar surface area (TPSA) is 103 Å². The van der Waals surface area contributed by atoms with Gasteiger partial charge in [-0.1, -0.05) is 10.6 Å². The second-order valence-electron chi connectivity index (χ2n) is 6.91. The van der Waals surface area contributed by atoms with Gasteiger partial charge in [0.15, 0.2) is 0 Å². The summed E-state index contributed by atoms with van der Waals surface area (Å²) >= 11 is 0. The summed E-state index contributed by atoms with van der Waals surface area (Å²) in [5.74, 6) is 0.656. The van der Waals surface area contributed by atoms with Crippen LogP contribution in [-0.4, -0.2) is 80.5 Å². The van der Waals surface area contributed by atoms with Gasteiger partial charge in [-0.05, 0) is 18.9 Å². The normalized spacial score (nSPS) is 22.5. The molecule has 0 amide bonds. The molecule has 3 rings (SSSR count). The molecule has 10 nitrogen and oxygen atoms in total. The summed E-state index contributed by atoms with van der Waals surface area (Å²) in [6.07, 6.45) is 7.79. The number of hydroxylamine groups is 2. The lowest BCUT2D eigenvalue weighted by Crippen LogP contribution is -2.50. The van der Waals surface area contributed by atoms with Crippen LogP contribution in [0.5, 0.6) is 0 Å². The van der Waals surface area contributed by atoms with E-state index in [0.29, 0.717) is 34.0 Å². The molecule has 3 aliphatic heterocycles. The molecular formula is C16H25N5O5S2. The molecule has 0 aromatic rings. The van der Waals surface area contributed by atoms with Crippen molar-refractivity contribution >= 4 is 26.3 Å². The summed E-state index contributed by atoms with van der Waals surface area (Å²) in [7, 11) is -6.58. The number of rotatable bonds is 6. The van der Waals surface area contributed by atoms with Gasteiger partial charge >= 0.3 is 0 Å². The number of hydrogen-bond donors (Lipinski definition) is 0. The highest BCUT2D eigenvalue weighted by molar-refractivity contribution is 8.03. The third-order valence-electron chi connectivity index (χ3n) is 4.57. The molecule has 1 atom stereocenters. The van der Waals surface area contributed by atoms with E-state index in [9.17, 15) is 16.8 Å². The highest BCUT2D eigenvalue weighted by Gasteiger charge is 2.45. The van der Waals surface area contributed by atoms with Crippen molar-refractivity contribution in [3.8, 4) is 0 Å². The van der Waals surface area contributed by atoms with Crippen LogP contribution in [-0.2, 0) is 24.9 Å². The predicted octanol–water partition coefficient (Wildman–Crippen LogP) is 0.437. The Morgan fingerprint density at radius 1 is 1.21 bits per heavy atom. The molecule has 1 unspecified atom stereocenters. The van der Waals surface area contributed by atoms with Crippen LogP contribution in [0, 0.1) is 0 Å². The van der Waals surface area contributed by atoms with Gasteiger partial charge in [0.1, 0.15) is 24.2 Å². The van der Waals surface area contributed by atoms with Crippen molar-refractivity contribution in [2.75, 3.05) is 32.8 Å². The summed E-state index contributed by atoms with van der Waals surface area (Å²) in [5, 5.41) is 1.62. The molecule has 0 aromatic heterocycles. The lowest BCUT2D eigenvalue weighted by atomic mass is 10.0. The summed E-state index contributed by atoms with van der Waals surface area (Å²) in [5.41, 5.74) is 1.73. The van der Waals surface area contributed by atoms with E-state index in [2.05, 4.69) is 4.99 Å². The SMILES string of the molecule is CCCN1C=C(C)C(N(S(C)(=O)=O)S(C)(=O)=O)C2=C1N1CN(OC)C=C1C=N2. The molecule has 28 heavy (non-hydrogen) atoms. The summed E-state index contributed by atoms with van der Waals surface area (Å²) in [6.45, 7) is 4.80. The fourth-order valence-electron chi connectivity index (χ4n) is 3.61. The Morgan fingerprint density at radius 2 is 1.86 bits per heavy atom. The van der Waals surface area contributed by atoms with Crippen LogP contribution < -0.4 is 0 Å². The fourth-order valence-corrected chi connectivity index (χ4v) is 6.87. The van der Waals surface area contributed by atoms with Gasteiger partial charge < -0.3 is 9.80 Å². The standard InChI is InChI=1S/C16H25N5O5S2/c1-6-7-18-9-12(2)15(21(27(4,22)23)28(5,24)25)14-16(18)20-11-19(26-3)10-13(20)8-17-14/h8-10,15H,6-7,11H2,1-5H3. The first-order chi connectivity index (χ1) is 13.0. The van der Waals surface area contributed by atoms with Crippen LogP contribution in [0.15, 0.2) is 40.2 Å². The molecule has 0 N–H and O–H groups in total. The first-order valence-corrected chi connectivity index (χ1v) is 12.4. The molecule has 156 valence electrons. The van der Waals surface area contributed by atoms with Crippen molar-refractivity contribution < 1.29 is 21.7 Å². The second kappa shape index (κ2) is 7.17. The molecule has 3 aliphatic rings. The van der Waals surface area contributed by atoms with Crippen LogP contribution in [0.3, 0.4) is 0 Å². The Morgan fingerprint density at radius 3 is 2.39 bits per heavy atom. The largest absolute Gasteiger partial charge is 0.333 e. The lowest BCUT2D eigenvalue weighted by molar-refractivity contribution is -0.0968. The minimum Gasteiger partial charge on any atom is -0.333 e. The van der Waals surface area contributed by atoms with Gasteiger partial charge in [0.25, 0.3) is 0 Å². The summed E-state index contributed by atoms with van der Waals surface area (Å²) in [4.78, 5) is 13.7. The highest BCUT2D eigenvalue weighted by atomic mass is 32.3. The monoisotopic (exact) mass is 431 g/mol. The maximum atomic E-state index is 12.4. The van der Waals surface area contributed by atoms with Crippen molar-refractivity contribution in [1.82, 2.24) is 18.6 Å². The third-order valence-corrected chi connectivity index (χ3v) is 7.93. The van der Waals surface area contributed by atoms with E-state index in [-0.39, 0.29) is 0 Å². The van der Waals surface area contributed by atoms with Crippen LogP contribution in [0.4, 0.5) is 0 Å². The van der Waals surface area contributed by atoms with Crippen molar-refractivity contribution in [1.29, 1.82) is 0 Å². The molecule has 3 heterocycles. The number of hydrogen-bond acceptors (Lipinski definition) is 9. The summed E-state index contributed by atoms with van der Waals surface area (Å²) in [6, 6.07) is -1.04. The van der Waals surface area contributed by atoms with Gasteiger partial charge in [0, 0.05) is 12.7 Å². The van der Waals surface area contributed by atoms with E-state index in [1.54, 1.807) is 37.7 Å². The average Bonchev–Trinajstić information content (AvgIpc) is 2.98. The van der Waals surface area contributed by atoms with Gasteiger partial charge in [0.2, 0.25) is 20.0 Å². The Kier molecular flexibility index (Phi) is 5.34. The number of aliphatic imine (C=N–C) groups is 1. The smallest absolute Gasteiger partial charge is 0.225 e. The fraction of sp³-hybridized carbons (Fsp3) is 0.562. The zero-order valence-corrected chi connectivity index (χ0v) is 18.2. The molecule has 0 fully saturated rings. The van der Waals surface area contributed by atoms with E-state index in [1.807, 2.05) is 16.7 Å². The van der Waals surface area contributed by atoms with E-state index >= 15 is 0 Å². The number of fused-ring (bicyclic) bond motifs is 2. The van der Waals surface area contributed by atoms with E-state index in [4.69, 9.17) is 4.84 Å². The zero-order valence-electron chi connectivity index (χ0n) is 16.5. The van der Waals surface area contributed by atoms with Gasteiger partial charge in [-0.15, -0.1) is 0 Å². The number of sulfonamides is 2. The Bertz CT molecular complexity index is 964. The molecule has 0 spiro atoms. The van der Waals surface area contributed by atoms with Crippen molar-refractivity contribution in [3.05, 3.63) is 35.2 Å². The highest BCUT2D eigenvalue weighted by Crippen LogP contribution is 2.39. The molecule has 0 bridgehead atoms. The molecule has 0 radical (unpaired) electrons. The molecule has 0 saturated carbocycles. The average molecular weight is 432 g/mol. The van der Waals surface area contributed by atoms with Crippen molar-refractivity contribution in [2.45, 2.75) is 26.3 Å². The van der Waals surface area contributed by atoms with Gasteiger partial charge in [-0.2, -0.15) is 0 Å². The van der Waals surface area contributed by atoms with E-state index in [0.717, 1.165) is 24.6 Å². The molecular weight excluding hydrogens is 406 g/mol. The van der Waals surface area contributed by atoms with Crippen LogP contribution in [0.25, 0.3) is 0 Å². The van der Waals surface area contributed by atoms with Gasteiger partial charge in [0.05, 0.1) is 37.7 Å². The minimum atomic E-state index is -4.06. The summed E-state index contributed by atoms with van der Waals surface area (Å²) < 4.78 is 50.2. The third kappa shape index (κ3) is 3.56. The Hall–Kier alpha value is -1.89. The number of nitrogens with zero attached hydrogens (tertiary/aromatic N) is 5. The second-order valence-corrected chi connectivity index (χ2v) is 10.9. The molecule has 0 saturated heterocycles. The Balaban J connectivity index is 2.20. The van der Waals surface area contributed by atoms with Crippen molar-refractivity contribution in [2.24, 2.45) is 4.99 Å². The predicted molar refractivity (Wildman–Crippen MR) is 105 cm³/mol. The Labute approximate surface area is 166 Å². The number of allylic oxidation sites excluding steroid dienone is 1. The first-order valence-electron chi connectivity index (χ1n) is 8.72. The maximum absolute atomic E-state index is 12.4. The lowest BCUT2D eigenvalue weighted by Gasteiger charge is -2.42. The van der Waals surface area contributed by atoms with Gasteiger partial charge in [-0.3, -0.25) is 9.83 Å². The quantitative estimate of drug-likeness (QED) is 0.597. The zero-order chi connectivity index (χ0) is 20.9. The molecule has 0 aromatic carbocycles. The maximum Gasteiger partial charge on any atom is 0.225 e. The molecule has 0 aliphatic carbocycles. The molecule has 12 heteroatoms. The van der Waals surface area contributed by atoms with Crippen molar-refractivity contribution in [3.63, 3.8) is 0 Å². The first kappa shape index (κ1) is 20.8. The van der Waals surface area contributed by atoms with E-state index in [1.165, 1.54) is 0 Å². The van der Waals surface area contributed by atoms with Crippen LogP contribution in [0.2, 0.25) is 0 Å². The van der Waals surface area contributed by atoms with Gasteiger partial charge in [-0.25, -0.2) is 21.9 Å². The van der Waals surface area contributed by atoms with Crippen LogP contribution in [0.1, 0.15) is 20.3 Å². The van der Waals surface area contributed by atoms with E-state index < -0.39 is 26.1 Å². The van der Waals surface area contributed by atoms with Crippen LogP contribution >= 0.6 is 0 Å². The minimum absolute atomic E-state index is 0.374.